The third kappa shape index (κ3) is 2.55. The summed E-state index contributed by atoms with van der Waals surface area (Å²) in [6.07, 6.45) is 2.50. The number of halogens is 2. The van der Waals surface area contributed by atoms with Gasteiger partial charge >= 0.3 is 0 Å². The largest absolute Gasteiger partial charge is 0.321 e. The minimum absolute atomic E-state index is 0.258. The van der Waals surface area contributed by atoms with E-state index in [9.17, 15) is 4.39 Å². The summed E-state index contributed by atoms with van der Waals surface area (Å²) in [4.78, 5) is 10.1. The van der Waals surface area contributed by atoms with Crippen LogP contribution in [-0.2, 0) is 13.0 Å². The molecule has 0 atom stereocenters. The first kappa shape index (κ1) is 13.5. The number of aryl methyl sites for hydroxylation is 2. The van der Waals surface area contributed by atoms with Gasteiger partial charge in [0.1, 0.15) is 16.6 Å². The summed E-state index contributed by atoms with van der Waals surface area (Å²) in [7, 11) is 0. The van der Waals surface area contributed by atoms with E-state index >= 15 is 0 Å². The second-order valence-electron chi connectivity index (χ2n) is 4.55. The third-order valence-electron chi connectivity index (χ3n) is 3.07. The lowest BCUT2D eigenvalue weighted by Gasteiger charge is -2.06. The molecule has 2 heterocycles. The number of fused-ring (bicyclic) bond motifs is 1. The highest BCUT2D eigenvalue weighted by molar-refractivity contribution is 7.11. The molecular weight excluding hydrogens is 297 g/mol. The zero-order chi connectivity index (χ0) is 14.1. The highest BCUT2D eigenvalue weighted by atomic mass is 35.5. The Morgan fingerprint density at radius 1 is 1.40 bits per heavy atom. The van der Waals surface area contributed by atoms with Gasteiger partial charge in [0.15, 0.2) is 0 Å². The fourth-order valence-corrected chi connectivity index (χ4v) is 3.15. The average molecular weight is 310 g/mol. The molecule has 0 spiro atoms. The highest BCUT2D eigenvalue weighted by Gasteiger charge is 2.13. The molecule has 0 saturated heterocycles. The van der Waals surface area contributed by atoms with Crippen molar-refractivity contribution < 1.29 is 4.39 Å². The van der Waals surface area contributed by atoms with Crippen LogP contribution in [0.4, 0.5) is 4.39 Å². The van der Waals surface area contributed by atoms with Gasteiger partial charge in [-0.25, -0.2) is 14.4 Å². The van der Waals surface area contributed by atoms with E-state index in [1.165, 1.54) is 12.1 Å². The van der Waals surface area contributed by atoms with Crippen molar-refractivity contribution in [3.63, 3.8) is 0 Å². The molecule has 0 bridgehead atoms. The van der Waals surface area contributed by atoms with E-state index in [4.69, 9.17) is 11.6 Å². The van der Waals surface area contributed by atoms with Crippen molar-refractivity contribution in [3.05, 3.63) is 45.9 Å². The zero-order valence-electron chi connectivity index (χ0n) is 10.9. The molecule has 0 amide bonds. The molecule has 0 N–H and O–H groups in total. The third-order valence-corrected chi connectivity index (χ3v) is 4.16. The molecule has 3 aromatic rings. The second kappa shape index (κ2) is 5.50. The van der Waals surface area contributed by atoms with E-state index in [1.54, 1.807) is 17.4 Å². The summed E-state index contributed by atoms with van der Waals surface area (Å²) in [6, 6.07) is 4.64. The van der Waals surface area contributed by atoms with Crippen molar-refractivity contribution in [1.29, 1.82) is 0 Å². The number of benzene rings is 1. The van der Waals surface area contributed by atoms with Crippen LogP contribution >= 0.6 is 22.9 Å². The Morgan fingerprint density at radius 2 is 2.25 bits per heavy atom. The normalized spacial score (nSPS) is 11.3. The predicted molar refractivity (Wildman–Crippen MR) is 80.1 cm³/mol. The number of nitrogens with zero attached hydrogens (tertiary/aromatic N) is 3. The second-order valence-corrected chi connectivity index (χ2v) is 6.25. The van der Waals surface area contributed by atoms with Crippen molar-refractivity contribution in [2.24, 2.45) is 0 Å². The van der Waals surface area contributed by atoms with Gasteiger partial charge in [0.05, 0.1) is 17.6 Å². The Balaban J connectivity index is 2.09. The summed E-state index contributed by atoms with van der Waals surface area (Å²) in [5, 5.41) is 0.988. The minimum atomic E-state index is -0.258. The van der Waals surface area contributed by atoms with E-state index in [1.807, 2.05) is 17.7 Å². The molecule has 0 aliphatic rings. The summed E-state index contributed by atoms with van der Waals surface area (Å²) in [6.45, 7) is 2.62. The quantitative estimate of drug-likeness (QED) is 0.687. The van der Waals surface area contributed by atoms with Crippen LogP contribution in [0.25, 0.3) is 11.0 Å². The number of hydrogen-bond acceptors (Lipinski definition) is 3. The fraction of sp³-hybridized carbons (Fsp3) is 0.286. The Bertz CT molecular complexity index is 750. The van der Waals surface area contributed by atoms with Crippen molar-refractivity contribution in [2.45, 2.75) is 19.9 Å². The van der Waals surface area contributed by atoms with Crippen LogP contribution < -0.4 is 0 Å². The van der Waals surface area contributed by atoms with E-state index in [0.29, 0.717) is 18.8 Å². The lowest BCUT2D eigenvalue weighted by atomic mass is 10.3. The summed E-state index contributed by atoms with van der Waals surface area (Å²) in [5.41, 5.74) is 1.58. The number of aromatic nitrogens is 3. The topological polar surface area (TPSA) is 30.7 Å². The number of imidazole rings is 1. The maximum Gasteiger partial charge on any atom is 0.125 e. The van der Waals surface area contributed by atoms with Crippen molar-refractivity contribution in [1.82, 2.24) is 14.5 Å². The van der Waals surface area contributed by atoms with Gasteiger partial charge in [-0.15, -0.1) is 22.9 Å². The Kier molecular flexibility index (Phi) is 3.72. The summed E-state index contributed by atoms with van der Waals surface area (Å²) in [5.74, 6) is 1.10. The molecule has 2 aromatic heterocycles. The van der Waals surface area contributed by atoms with E-state index in [2.05, 4.69) is 9.97 Å². The lowest BCUT2D eigenvalue weighted by molar-refractivity contribution is 0.628. The van der Waals surface area contributed by atoms with Crippen LogP contribution in [0.3, 0.4) is 0 Å². The van der Waals surface area contributed by atoms with Crippen LogP contribution in [0, 0.1) is 12.7 Å². The van der Waals surface area contributed by atoms with Crippen LogP contribution in [0.1, 0.15) is 15.7 Å². The molecule has 3 nitrogen and oxygen atoms in total. The smallest absolute Gasteiger partial charge is 0.125 e. The maximum atomic E-state index is 13.5. The molecule has 0 saturated carbocycles. The molecular formula is C14H13ClFN3S. The van der Waals surface area contributed by atoms with Gasteiger partial charge in [-0.05, 0) is 25.1 Å². The Labute approximate surface area is 125 Å². The zero-order valence-corrected chi connectivity index (χ0v) is 12.5. The van der Waals surface area contributed by atoms with Gasteiger partial charge in [-0.2, -0.15) is 0 Å². The molecule has 1 aromatic carbocycles. The van der Waals surface area contributed by atoms with Crippen molar-refractivity contribution in [3.8, 4) is 0 Å². The van der Waals surface area contributed by atoms with Crippen LogP contribution in [0.2, 0.25) is 0 Å². The van der Waals surface area contributed by atoms with E-state index < -0.39 is 0 Å². The Morgan fingerprint density at radius 3 is 2.95 bits per heavy atom. The van der Waals surface area contributed by atoms with Gasteiger partial charge in [0, 0.05) is 23.4 Å². The summed E-state index contributed by atoms with van der Waals surface area (Å²) >= 11 is 7.47. The predicted octanol–water partition coefficient (Wildman–Crippen LogP) is 3.77. The lowest BCUT2D eigenvalue weighted by Crippen LogP contribution is -2.05. The first-order valence-electron chi connectivity index (χ1n) is 6.29. The van der Waals surface area contributed by atoms with Crippen LogP contribution in [-0.4, -0.2) is 20.4 Å². The van der Waals surface area contributed by atoms with Gasteiger partial charge in [-0.3, -0.25) is 0 Å². The molecule has 0 radical (unpaired) electrons. The molecule has 20 heavy (non-hydrogen) atoms. The molecule has 0 fully saturated rings. The maximum absolute atomic E-state index is 13.5. The monoisotopic (exact) mass is 309 g/mol. The molecule has 0 unspecified atom stereocenters. The number of rotatable bonds is 4. The van der Waals surface area contributed by atoms with Crippen molar-refractivity contribution in [2.75, 3.05) is 5.88 Å². The SMILES string of the molecule is Cc1cnc(Cn2c(CCCl)nc3ccc(F)cc32)s1. The molecule has 104 valence electrons. The summed E-state index contributed by atoms with van der Waals surface area (Å²) < 4.78 is 15.5. The first-order chi connectivity index (χ1) is 9.67. The standard InChI is InChI=1S/C14H13ClFN3S/c1-9-7-17-14(20-9)8-19-12-6-10(16)2-3-11(12)18-13(19)4-5-15/h2-3,6-7H,4-5,8H2,1H3. The van der Waals surface area contributed by atoms with Gasteiger partial charge in [-0.1, -0.05) is 0 Å². The van der Waals surface area contributed by atoms with Crippen molar-refractivity contribution >= 4 is 34.0 Å². The van der Waals surface area contributed by atoms with Gasteiger partial charge < -0.3 is 4.57 Å². The van der Waals surface area contributed by atoms with E-state index in [-0.39, 0.29) is 5.82 Å². The molecule has 0 aliphatic carbocycles. The Hall–Kier alpha value is -1.46. The van der Waals surface area contributed by atoms with Gasteiger partial charge in [0.25, 0.3) is 0 Å². The van der Waals surface area contributed by atoms with Gasteiger partial charge in [0.2, 0.25) is 0 Å². The first-order valence-corrected chi connectivity index (χ1v) is 7.64. The van der Waals surface area contributed by atoms with Crippen LogP contribution in [0.15, 0.2) is 24.4 Å². The highest BCUT2D eigenvalue weighted by Crippen LogP contribution is 2.21. The molecule has 6 heteroatoms. The minimum Gasteiger partial charge on any atom is -0.321 e. The number of hydrogen-bond donors (Lipinski definition) is 0. The van der Waals surface area contributed by atoms with E-state index in [0.717, 1.165) is 26.7 Å². The van der Waals surface area contributed by atoms with Crippen LogP contribution in [0.5, 0.6) is 0 Å². The average Bonchev–Trinajstić information content (AvgIpc) is 2.96. The number of thiazole rings is 1. The molecule has 0 aliphatic heterocycles. The molecule has 3 rings (SSSR count). The fourth-order valence-electron chi connectivity index (χ4n) is 2.21. The number of alkyl halides is 1.